The second kappa shape index (κ2) is 4.17. The molecule has 0 bridgehead atoms. The van der Waals surface area contributed by atoms with Gasteiger partial charge in [0.15, 0.2) is 0 Å². The van der Waals surface area contributed by atoms with Crippen molar-refractivity contribution in [2.45, 2.75) is 20.8 Å². The molecule has 1 atom stereocenters. The van der Waals surface area contributed by atoms with Crippen molar-refractivity contribution >= 4 is 11.5 Å². The van der Waals surface area contributed by atoms with Gasteiger partial charge in [0.25, 0.3) is 0 Å². The highest BCUT2D eigenvalue weighted by atomic mass is 16.1. The predicted octanol–water partition coefficient (Wildman–Crippen LogP) is 0.589. The van der Waals surface area contributed by atoms with Gasteiger partial charge in [-0.15, -0.1) is 0 Å². The molecule has 0 rings (SSSR count). The fourth-order valence-corrected chi connectivity index (χ4v) is 0.575. The Kier molecular flexibility index (Phi) is 3.88. The lowest BCUT2D eigenvalue weighted by atomic mass is 10.0. The van der Waals surface area contributed by atoms with E-state index in [2.05, 4.69) is 4.99 Å². The van der Waals surface area contributed by atoms with Crippen LogP contribution >= 0.6 is 0 Å². The first-order chi connectivity index (χ1) is 4.59. The number of nitrogens with two attached hydrogens (primary N) is 1. The van der Waals surface area contributed by atoms with E-state index in [1.165, 1.54) is 0 Å². The molecular formula is C7H14N2O. The Bertz CT molecular complexity index is 152. The van der Waals surface area contributed by atoms with Crippen molar-refractivity contribution in [3.8, 4) is 0 Å². The maximum Gasteiger partial charge on any atom is 0.138 e. The molecule has 3 nitrogen and oxygen atoms in total. The lowest BCUT2D eigenvalue weighted by Crippen LogP contribution is -2.16. The van der Waals surface area contributed by atoms with Gasteiger partial charge in [-0.2, -0.15) is 0 Å². The first-order valence-corrected chi connectivity index (χ1v) is 3.31. The van der Waals surface area contributed by atoms with Crippen LogP contribution in [-0.2, 0) is 4.79 Å². The van der Waals surface area contributed by atoms with Gasteiger partial charge in [-0.05, 0) is 13.8 Å². The van der Waals surface area contributed by atoms with Gasteiger partial charge in [0.1, 0.15) is 5.78 Å². The number of carbonyl (C=O) groups excluding carboxylic acids is 1. The van der Waals surface area contributed by atoms with E-state index >= 15 is 0 Å². The third kappa shape index (κ3) is 2.73. The smallest absolute Gasteiger partial charge is 0.138 e. The average molecular weight is 142 g/mol. The molecule has 0 aliphatic rings. The van der Waals surface area contributed by atoms with Crippen molar-refractivity contribution in [3.63, 3.8) is 0 Å². The number of hydrogen-bond acceptors (Lipinski definition) is 3. The summed E-state index contributed by atoms with van der Waals surface area (Å²) in [7, 11) is 0. The minimum absolute atomic E-state index is 0.0800. The van der Waals surface area contributed by atoms with Gasteiger partial charge in [-0.3, -0.25) is 9.79 Å². The molecule has 0 aliphatic heterocycles. The number of aliphatic imine (C=N–C) groups is 1. The minimum Gasteiger partial charge on any atom is -0.312 e. The molecule has 0 amide bonds. The fourth-order valence-electron chi connectivity index (χ4n) is 0.575. The third-order valence-corrected chi connectivity index (χ3v) is 1.58. The molecule has 0 fully saturated rings. The van der Waals surface area contributed by atoms with E-state index in [1.54, 1.807) is 6.92 Å². The van der Waals surface area contributed by atoms with Crippen molar-refractivity contribution in [3.05, 3.63) is 0 Å². The molecule has 0 aliphatic carbocycles. The number of rotatable bonds is 3. The van der Waals surface area contributed by atoms with E-state index in [0.717, 1.165) is 5.71 Å². The van der Waals surface area contributed by atoms with E-state index in [1.807, 2.05) is 13.8 Å². The lowest BCUT2D eigenvalue weighted by molar-refractivity contribution is -0.118. The molecule has 0 aromatic heterocycles. The molecule has 0 saturated heterocycles. The molecule has 0 heterocycles. The quantitative estimate of drug-likeness (QED) is 0.586. The molecule has 58 valence electrons. The van der Waals surface area contributed by atoms with Gasteiger partial charge in [0.2, 0.25) is 0 Å². The molecule has 0 spiro atoms. The van der Waals surface area contributed by atoms with Crippen LogP contribution in [0.2, 0.25) is 0 Å². The summed E-state index contributed by atoms with van der Waals surface area (Å²) in [4.78, 5) is 14.7. The Labute approximate surface area is 61.3 Å². The van der Waals surface area contributed by atoms with Gasteiger partial charge in [0, 0.05) is 5.71 Å². The predicted molar refractivity (Wildman–Crippen MR) is 42.0 cm³/mol. The number of nitrogens with zero attached hydrogens (tertiary/aromatic N) is 1. The van der Waals surface area contributed by atoms with E-state index in [-0.39, 0.29) is 18.4 Å². The van der Waals surface area contributed by atoms with Crippen molar-refractivity contribution in [1.29, 1.82) is 0 Å². The molecule has 0 radical (unpaired) electrons. The summed E-state index contributed by atoms with van der Waals surface area (Å²) < 4.78 is 0. The Morgan fingerprint density at radius 1 is 1.60 bits per heavy atom. The highest BCUT2D eigenvalue weighted by Crippen LogP contribution is 1.98. The van der Waals surface area contributed by atoms with Crippen LogP contribution < -0.4 is 5.73 Å². The summed E-state index contributed by atoms with van der Waals surface area (Å²) in [5.74, 6) is 0.0539. The summed E-state index contributed by atoms with van der Waals surface area (Å²) in [5.41, 5.74) is 5.98. The van der Waals surface area contributed by atoms with E-state index in [9.17, 15) is 4.79 Å². The van der Waals surface area contributed by atoms with Crippen LogP contribution in [0.25, 0.3) is 0 Å². The first-order valence-electron chi connectivity index (χ1n) is 3.31. The van der Waals surface area contributed by atoms with Gasteiger partial charge < -0.3 is 5.73 Å². The Morgan fingerprint density at radius 3 is 2.40 bits per heavy atom. The molecule has 1 unspecified atom stereocenters. The van der Waals surface area contributed by atoms with E-state index in [0.29, 0.717) is 0 Å². The molecule has 0 saturated carbocycles. The third-order valence-electron chi connectivity index (χ3n) is 1.58. The van der Waals surface area contributed by atoms with Gasteiger partial charge >= 0.3 is 0 Å². The van der Waals surface area contributed by atoms with Crippen molar-refractivity contribution in [1.82, 2.24) is 0 Å². The van der Waals surface area contributed by atoms with Gasteiger partial charge in [-0.25, -0.2) is 0 Å². The summed E-state index contributed by atoms with van der Waals surface area (Å²) >= 11 is 0. The van der Waals surface area contributed by atoms with Crippen LogP contribution in [0.5, 0.6) is 0 Å². The second-order valence-electron chi connectivity index (χ2n) is 2.31. The SMILES string of the molecule is CC(=O)C(C)C(C)=NCN. The van der Waals surface area contributed by atoms with Gasteiger partial charge in [-0.1, -0.05) is 6.92 Å². The minimum atomic E-state index is -0.0800. The number of hydrogen-bond donors (Lipinski definition) is 1. The summed E-state index contributed by atoms with van der Waals surface area (Å²) in [6, 6.07) is 0. The van der Waals surface area contributed by atoms with Crippen molar-refractivity contribution < 1.29 is 4.79 Å². The Hall–Kier alpha value is -0.700. The molecule has 0 aromatic carbocycles. The Balaban J connectivity index is 4.06. The highest BCUT2D eigenvalue weighted by Gasteiger charge is 2.09. The maximum absolute atomic E-state index is 10.7. The van der Waals surface area contributed by atoms with Crippen LogP contribution in [0.15, 0.2) is 4.99 Å². The zero-order valence-corrected chi connectivity index (χ0v) is 6.72. The molecule has 10 heavy (non-hydrogen) atoms. The van der Waals surface area contributed by atoms with Crippen LogP contribution in [0.3, 0.4) is 0 Å². The monoisotopic (exact) mass is 142 g/mol. The zero-order chi connectivity index (χ0) is 8.15. The standard InChI is InChI=1S/C7H14N2O/c1-5(7(3)10)6(2)9-4-8/h5H,4,8H2,1-3H3. The van der Waals surface area contributed by atoms with Gasteiger partial charge in [0.05, 0.1) is 12.6 Å². The lowest BCUT2D eigenvalue weighted by Gasteiger charge is -2.04. The normalized spacial score (nSPS) is 15.0. The molecular weight excluding hydrogens is 128 g/mol. The Morgan fingerprint density at radius 2 is 2.10 bits per heavy atom. The highest BCUT2D eigenvalue weighted by molar-refractivity contribution is 6.02. The zero-order valence-electron chi connectivity index (χ0n) is 6.72. The number of Topliss-reactive ketones (excluding diaryl/α,β-unsaturated/α-hetero) is 1. The van der Waals surface area contributed by atoms with Crippen LogP contribution in [0, 0.1) is 5.92 Å². The van der Waals surface area contributed by atoms with Crippen LogP contribution in [0.1, 0.15) is 20.8 Å². The summed E-state index contributed by atoms with van der Waals surface area (Å²) in [5, 5.41) is 0. The van der Waals surface area contributed by atoms with Crippen LogP contribution in [-0.4, -0.2) is 18.2 Å². The van der Waals surface area contributed by atoms with Crippen LogP contribution in [0.4, 0.5) is 0 Å². The molecule has 3 heteroatoms. The average Bonchev–Trinajstić information content (AvgIpc) is 1.87. The fraction of sp³-hybridized carbons (Fsp3) is 0.714. The van der Waals surface area contributed by atoms with E-state index < -0.39 is 0 Å². The second-order valence-corrected chi connectivity index (χ2v) is 2.31. The van der Waals surface area contributed by atoms with Crippen molar-refractivity contribution in [2.24, 2.45) is 16.6 Å². The van der Waals surface area contributed by atoms with E-state index in [4.69, 9.17) is 5.73 Å². The molecule has 0 aromatic rings. The molecule has 2 N–H and O–H groups in total. The van der Waals surface area contributed by atoms with Crippen molar-refractivity contribution in [2.75, 3.05) is 6.67 Å². The largest absolute Gasteiger partial charge is 0.312 e. The topological polar surface area (TPSA) is 55.5 Å². The maximum atomic E-state index is 10.7. The number of carbonyl (C=O) groups is 1. The first kappa shape index (κ1) is 9.30. The summed E-state index contributed by atoms with van der Waals surface area (Å²) in [6.07, 6.45) is 0. The summed E-state index contributed by atoms with van der Waals surface area (Å²) in [6.45, 7) is 5.47. The number of ketones is 1.